The minimum atomic E-state index is -0.475. The highest BCUT2D eigenvalue weighted by molar-refractivity contribution is 5.99. The Morgan fingerprint density at radius 1 is 1.22 bits per heavy atom. The van der Waals surface area contributed by atoms with Gasteiger partial charge in [0.25, 0.3) is 11.8 Å². The lowest BCUT2D eigenvalue weighted by Crippen LogP contribution is -2.55. The van der Waals surface area contributed by atoms with E-state index in [1.807, 2.05) is 27.7 Å². The maximum absolute atomic E-state index is 12.4. The summed E-state index contributed by atoms with van der Waals surface area (Å²) in [6, 6.07) is 6.72. The number of amides is 2. The standard InChI is InChI=1S/C17H27N3O2.ClH/c1-5-9-19-15(21)13-7-6-8-14(10-13)16(22)20-17(4,11-18)12(2)3;/h6-8,10,12H,5,9,11,18H2,1-4H3,(H,19,21)(H,20,22);1H. The number of carbonyl (C=O) groups is 2. The fraction of sp³-hybridized carbons (Fsp3) is 0.529. The molecular weight excluding hydrogens is 314 g/mol. The molecule has 0 aliphatic heterocycles. The highest BCUT2D eigenvalue weighted by Crippen LogP contribution is 2.16. The van der Waals surface area contributed by atoms with E-state index < -0.39 is 5.54 Å². The van der Waals surface area contributed by atoms with Gasteiger partial charge in [0.1, 0.15) is 0 Å². The lowest BCUT2D eigenvalue weighted by molar-refractivity contribution is 0.0883. The SMILES string of the molecule is CCCNC(=O)c1cccc(C(=O)NC(C)(CN)C(C)C)c1.Cl. The molecule has 0 fully saturated rings. The third-order valence-electron chi connectivity index (χ3n) is 4.02. The summed E-state index contributed by atoms with van der Waals surface area (Å²) in [5, 5.41) is 5.77. The molecule has 0 heterocycles. The fourth-order valence-electron chi connectivity index (χ4n) is 1.90. The Labute approximate surface area is 144 Å². The van der Waals surface area contributed by atoms with Crippen molar-refractivity contribution in [3.8, 4) is 0 Å². The van der Waals surface area contributed by atoms with E-state index in [1.165, 1.54) is 0 Å². The van der Waals surface area contributed by atoms with Gasteiger partial charge < -0.3 is 16.4 Å². The number of halogens is 1. The smallest absolute Gasteiger partial charge is 0.251 e. The number of carbonyl (C=O) groups excluding carboxylic acids is 2. The zero-order chi connectivity index (χ0) is 16.8. The summed E-state index contributed by atoms with van der Waals surface area (Å²) in [6.45, 7) is 8.92. The van der Waals surface area contributed by atoms with Crippen molar-refractivity contribution in [3.63, 3.8) is 0 Å². The molecule has 2 amide bonds. The normalized spacial score (nSPS) is 13.0. The number of nitrogens with two attached hydrogens (primary N) is 1. The van der Waals surface area contributed by atoms with E-state index in [0.717, 1.165) is 6.42 Å². The zero-order valence-electron chi connectivity index (χ0n) is 14.3. The Morgan fingerprint density at radius 3 is 2.26 bits per heavy atom. The molecule has 1 rings (SSSR count). The molecule has 0 aliphatic carbocycles. The van der Waals surface area contributed by atoms with Crippen molar-refractivity contribution in [1.82, 2.24) is 10.6 Å². The summed E-state index contributed by atoms with van der Waals surface area (Å²) in [4.78, 5) is 24.4. The van der Waals surface area contributed by atoms with E-state index in [0.29, 0.717) is 24.2 Å². The van der Waals surface area contributed by atoms with E-state index >= 15 is 0 Å². The van der Waals surface area contributed by atoms with Gasteiger partial charge >= 0.3 is 0 Å². The first-order valence-corrected chi connectivity index (χ1v) is 7.75. The number of hydrogen-bond donors (Lipinski definition) is 3. The molecule has 1 aromatic rings. The van der Waals surface area contributed by atoms with Crippen LogP contribution in [0.3, 0.4) is 0 Å². The number of nitrogens with one attached hydrogen (secondary N) is 2. The van der Waals surface area contributed by atoms with Gasteiger partial charge in [0.15, 0.2) is 0 Å². The average Bonchev–Trinajstić information content (AvgIpc) is 2.52. The van der Waals surface area contributed by atoms with E-state index in [4.69, 9.17) is 5.73 Å². The van der Waals surface area contributed by atoms with E-state index in [2.05, 4.69) is 10.6 Å². The largest absolute Gasteiger partial charge is 0.352 e. The maximum atomic E-state index is 12.4. The average molecular weight is 342 g/mol. The Hall–Kier alpha value is -1.59. The lowest BCUT2D eigenvalue weighted by Gasteiger charge is -2.33. The molecule has 0 bridgehead atoms. The van der Waals surface area contributed by atoms with Crippen LogP contribution in [-0.2, 0) is 0 Å². The monoisotopic (exact) mass is 341 g/mol. The lowest BCUT2D eigenvalue weighted by atomic mass is 9.88. The van der Waals surface area contributed by atoms with Gasteiger partial charge in [0.2, 0.25) is 0 Å². The first-order chi connectivity index (χ1) is 10.3. The predicted octanol–water partition coefficient (Wildman–Crippen LogP) is 2.35. The predicted molar refractivity (Wildman–Crippen MR) is 96.1 cm³/mol. The van der Waals surface area contributed by atoms with Crippen molar-refractivity contribution in [2.45, 2.75) is 39.7 Å². The first kappa shape index (κ1) is 21.4. The first-order valence-electron chi connectivity index (χ1n) is 7.75. The van der Waals surface area contributed by atoms with Crippen LogP contribution in [0.15, 0.2) is 24.3 Å². The minimum absolute atomic E-state index is 0. The summed E-state index contributed by atoms with van der Waals surface area (Å²) in [5.74, 6) is -0.175. The Balaban J connectivity index is 0.00000484. The van der Waals surface area contributed by atoms with Gasteiger partial charge in [-0.15, -0.1) is 12.4 Å². The van der Waals surface area contributed by atoms with Gasteiger partial charge in [0, 0.05) is 24.2 Å². The molecule has 6 heteroatoms. The topological polar surface area (TPSA) is 84.2 Å². The van der Waals surface area contributed by atoms with E-state index in [1.54, 1.807) is 24.3 Å². The van der Waals surface area contributed by atoms with Crippen molar-refractivity contribution in [2.75, 3.05) is 13.1 Å². The fourth-order valence-corrected chi connectivity index (χ4v) is 1.90. The van der Waals surface area contributed by atoms with Gasteiger partial charge in [-0.1, -0.05) is 26.8 Å². The summed E-state index contributed by atoms with van der Waals surface area (Å²) in [6.07, 6.45) is 0.870. The Morgan fingerprint density at radius 2 is 1.78 bits per heavy atom. The third-order valence-corrected chi connectivity index (χ3v) is 4.02. The minimum Gasteiger partial charge on any atom is -0.352 e. The number of benzene rings is 1. The third kappa shape index (κ3) is 5.84. The van der Waals surface area contributed by atoms with Crippen LogP contribution in [0.25, 0.3) is 0 Å². The Bertz CT molecular complexity index is 534. The quantitative estimate of drug-likeness (QED) is 0.711. The molecule has 0 aromatic heterocycles. The van der Waals surface area contributed by atoms with Crippen molar-refractivity contribution in [2.24, 2.45) is 11.7 Å². The molecule has 0 aliphatic rings. The number of hydrogen-bond acceptors (Lipinski definition) is 3. The van der Waals surface area contributed by atoms with Crippen LogP contribution in [0.2, 0.25) is 0 Å². The molecule has 0 radical (unpaired) electrons. The van der Waals surface area contributed by atoms with Crippen LogP contribution >= 0.6 is 12.4 Å². The molecule has 5 nitrogen and oxygen atoms in total. The van der Waals surface area contributed by atoms with Crippen LogP contribution in [0.4, 0.5) is 0 Å². The summed E-state index contributed by atoms with van der Waals surface area (Å²) >= 11 is 0. The second-order valence-corrected chi connectivity index (χ2v) is 6.07. The second-order valence-electron chi connectivity index (χ2n) is 6.07. The van der Waals surface area contributed by atoms with E-state index in [-0.39, 0.29) is 30.1 Å². The molecule has 0 spiro atoms. The summed E-state index contributed by atoms with van der Waals surface area (Å²) in [5.41, 5.74) is 6.26. The van der Waals surface area contributed by atoms with Gasteiger partial charge in [-0.2, -0.15) is 0 Å². The zero-order valence-corrected chi connectivity index (χ0v) is 15.1. The van der Waals surface area contributed by atoms with Crippen LogP contribution in [0.1, 0.15) is 54.8 Å². The van der Waals surface area contributed by atoms with Crippen molar-refractivity contribution in [3.05, 3.63) is 35.4 Å². The molecular formula is C17H28ClN3O2. The van der Waals surface area contributed by atoms with E-state index in [9.17, 15) is 9.59 Å². The summed E-state index contributed by atoms with van der Waals surface area (Å²) in [7, 11) is 0. The number of rotatable bonds is 7. The highest BCUT2D eigenvalue weighted by atomic mass is 35.5. The van der Waals surface area contributed by atoms with Gasteiger partial charge in [-0.25, -0.2) is 0 Å². The molecule has 0 saturated heterocycles. The van der Waals surface area contributed by atoms with Crippen molar-refractivity contribution >= 4 is 24.2 Å². The maximum Gasteiger partial charge on any atom is 0.251 e. The van der Waals surface area contributed by atoms with Gasteiger partial charge in [-0.3, -0.25) is 9.59 Å². The molecule has 0 saturated carbocycles. The molecule has 23 heavy (non-hydrogen) atoms. The van der Waals surface area contributed by atoms with Crippen molar-refractivity contribution in [1.29, 1.82) is 0 Å². The van der Waals surface area contributed by atoms with Gasteiger partial charge in [-0.05, 0) is 37.5 Å². The molecule has 1 unspecified atom stereocenters. The second kappa shape index (κ2) is 9.53. The molecule has 1 aromatic carbocycles. The molecule has 4 N–H and O–H groups in total. The van der Waals surface area contributed by atoms with Crippen LogP contribution in [0.5, 0.6) is 0 Å². The molecule has 1 atom stereocenters. The Kier molecular flexibility index (Phi) is 8.87. The summed E-state index contributed by atoms with van der Waals surface area (Å²) < 4.78 is 0. The van der Waals surface area contributed by atoms with Crippen LogP contribution < -0.4 is 16.4 Å². The molecule has 130 valence electrons. The van der Waals surface area contributed by atoms with Crippen LogP contribution in [0, 0.1) is 5.92 Å². The highest BCUT2D eigenvalue weighted by Gasteiger charge is 2.29. The van der Waals surface area contributed by atoms with Crippen LogP contribution in [-0.4, -0.2) is 30.4 Å². The van der Waals surface area contributed by atoms with Gasteiger partial charge in [0.05, 0.1) is 5.54 Å². The van der Waals surface area contributed by atoms with Crippen molar-refractivity contribution < 1.29 is 9.59 Å².